The molecule has 0 amide bonds. The molecule has 1 rings (SSSR count). The smallest absolute Gasteiger partial charge is 0.371 e. The van der Waals surface area contributed by atoms with E-state index in [1.807, 2.05) is 41.5 Å². The van der Waals surface area contributed by atoms with Gasteiger partial charge >= 0.3 is 8.80 Å². The minimum Gasteiger partial charge on any atom is -0.371 e. The van der Waals surface area contributed by atoms with E-state index in [9.17, 15) is 13.2 Å². The van der Waals surface area contributed by atoms with Crippen LogP contribution in [0.25, 0.3) is 0 Å². The van der Waals surface area contributed by atoms with Crippen molar-refractivity contribution in [1.29, 1.82) is 0 Å². The van der Waals surface area contributed by atoms with Crippen molar-refractivity contribution >= 4 is 8.80 Å². The summed E-state index contributed by atoms with van der Waals surface area (Å²) in [5, 5.41) is 0. The molecule has 0 saturated heterocycles. The Balaban J connectivity index is 3.21. The molecule has 0 fully saturated rings. The molecule has 0 aliphatic rings. The van der Waals surface area contributed by atoms with Gasteiger partial charge in [-0.15, -0.1) is 0 Å². The Kier molecular flexibility index (Phi) is 7.25. The zero-order valence-corrected chi connectivity index (χ0v) is 15.5. The Morgan fingerprint density at radius 3 is 1.43 bits per heavy atom. The molecule has 1 aromatic rings. The lowest BCUT2D eigenvalue weighted by Crippen LogP contribution is -2.53. The largest absolute Gasteiger partial charge is 0.506 e. The highest BCUT2D eigenvalue weighted by molar-refractivity contribution is 6.60. The van der Waals surface area contributed by atoms with Gasteiger partial charge in [0.2, 0.25) is 0 Å². The van der Waals surface area contributed by atoms with Crippen LogP contribution in [-0.2, 0) is 19.3 Å². The maximum atomic E-state index is 13.5. The van der Waals surface area contributed by atoms with E-state index in [2.05, 4.69) is 0 Å². The van der Waals surface area contributed by atoms with E-state index < -0.39 is 26.3 Å². The van der Waals surface area contributed by atoms with E-state index in [4.69, 9.17) is 13.3 Å². The van der Waals surface area contributed by atoms with E-state index in [-0.39, 0.29) is 29.9 Å². The minimum atomic E-state index is -3.24. The predicted molar refractivity (Wildman–Crippen MR) is 84.4 cm³/mol. The van der Waals surface area contributed by atoms with Crippen LogP contribution >= 0.6 is 0 Å². The molecule has 0 atom stereocenters. The molecule has 3 nitrogen and oxygen atoms in total. The highest BCUT2D eigenvalue weighted by Crippen LogP contribution is 2.24. The van der Waals surface area contributed by atoms with Gasteiger partial charge in [-0.1, -0.05) is 0 Å². The van der Waals surface area contributed by atoms with Crippen molar-refractivity contribution in [3.8, 4) is 0 Å². The molecule has 1 aromatic carbocycles. The van der Waals surface area contributed by atoms with Crippen LogP contribution in [0.4, 0.5) is 13.2 Å². The third-order valence-corrected chi connectivity index (χ3v) is 6.04. The van der Waals surface area contributed by atoms with Crippen LogP contribution in [0.15, 0.2) is 12.1 Å². The first-order valence-corrected chi connectivity index (χ1v) is 9.64. The Morgan fingerprint density at radius 1 is 0.783 bits per heavy atom. The van der Waals surface area contributed by atoms with Gasteiger partial charge in [-0.05, 0) is 59.2 Å². The minimum absolute atomic E-state index is 0.0651. The Hall–Kier alpha value is -0.893. The molecule has 0 N–H and O–H groups in total. The maximum Gasteiger partial charge on any atom is 0.506 e. The van der Waals surface area contributed by atoms with Crippen LogP contribution in [-0.4, -0.2) is 27.1 Å². The van der Waals surface area contributed by atoms with Crippen LogP contribution in [0, 0.1) is 17.5 Å². The molecule has 0 radical (unpaired) electrons. The summed E-state index contributed by atoms with van der Waals surface area (Å²) in [6.07, 6.45) is -0.557. The van der Waals surface area contributed by atoms with Crippen molar-refractivity contribution in [2.75, 3.05) is 0 Å². The molecule has 0 bridgehead atoms. The molecular formula is C16H25F3O3Si. The number of rotatable bonds is 8. The van der Waals surface area contributed by atoms with Gasteiger partial charge in [0, 0.05) is 24.4 Å². The summed E-state index contributed by atoms with van der Waals surface area (Å²) in [5.41, 5.74) is 0.245. The lowest BCUT2D eigenvalue weighted by Gasteiger charge is -2.34. The molecule has 0 saturated carbocycles. The lowest BCUT2D eigenvalue weighted by atomic mass is 10.2. The van der Waals surface area contributed by atoms with Gasteiger partial charge in [-0.25, -0.2) is 13.2 Å². The van der Waals surface area contributed by atoms with Crippen LogP contribution < -0.4 is 0 Å². The van der Waals surface area contributed by atoms with E-state index in [0.29, 0.717) is 0 Å². The number of hydrogen-bond acceptors (Lipinski definition) is 3. The van der Waals surface area contributed by atoms with Crippen molar-refractivity contribution in [2.24, 2.45) is 0 Å². The van der Waals surface area contributed by atoms with Crippen molar-refractivity contribution in [3.05, 3.63) is 35.1 Å². The molecule has 0 heterocycles. The molecule has 0 aliphatic heterocycles. The quantitative estimate of drug-likeness (QED) is 0.514. The van der Waals surface area contributed by atoms with Crippen LogP contribution in [0.5, 0.6) is 0 Å². The van der Waals surface area contributed by atoms with Crippen molar-refractivity contribution in [2.45, 2.75) is 65.9 Å². The summed E-state index contributed by atoms with van der Waals surface area (Å²) in [6, 6.07) is 1.98. The normalized spacial score (nSPS) is 12.7. The first-order chi connectivity index (χ1) is 10.5. The highest BCUT2D eigenvalue weighted by atomic mass is 28.4. The monoisotopic (exact) mass is 350 g/mol. The van der Waals surface area contributed by atoms with Gasteiger partial charge in [-0.3, -0.25) is 0 Å². The fourth-order valence-corrected chi connectivity index (χ4v) is 5.52. The second-order valence-electron chi connectivity index (χ2n) is 6.23. The summed E-state index contributed by atoms with van der Waals surface area (Å²) in [6.45, 7) is 11.0. The SMILES string of the molecule is CC(C)O[Si](Cc1cc(F)c(F)c(F)c1)(OC(C)C)OC(C)C. The van der Waals surface area contributed by atoms with Crippen molar-refractivity contribution in [3.63, 3.8) is 0 Å². The third-order valence-electron chi connectivity index (χ3n) is 2.71. The zero-order chi connectivity index (χ0) is 17.8. The lowest BCUT2D eigenvalue weighted by molar-refractivity contribution is 0.00234. The van der Waals surface area contributed by atoms with Gasteiger partial charge in [0.05, 0.1) is 0 Å². The van der Waals surface area contributed by atoms with Gasteiger partial charge in [0.25, 0.3) is 0 Å². The molecule has 132 valence electrons. The van der Waals surface area contributed by atoms with Crippen LogP contribution in [0.3, 0.4) is 0 Å². The fraction of sp³-hybridized carbons (Fsp3) is 0.625. The summed E-state index contributed by atoms with van der Waals surface area (Å²) in [7, 11) is -3.24. The predicted octanol–water partition coefficient (Wildman–Crippen LogP) is 4.40. The summed E-state index contributed by atoms with van der Waals surface area (Å²) in [4.78, 5) is 0. The second kappa shape index (κ2) is 8.28. The summed E-state index contributed by atoms with van der Waals surface area (Å²) in [5.74, 6) is -3.96. The molecule has 23 heavy (non-hydrogen) atoms. The van der Waals surface area contributed by atoms with Crippen molar-refractivity contribution in [1.82, 2.24) is 0 Å². The summed E-state index contributed by atoms with van der Waals surface area (Å²) >= 11 is 0. The third kappa shape index (κ3) is 6.25. The van der Waals surface area contributed by atoms with Gasteiger partial charge in [-0.2, -0.15) is 0 Å². The molecule has 0 aromatic heterocycles. The van der Waals surface area contributed by atoms with E-state index in [1.54, 1.807) is 0 Å². The average molecular weight is 350 g/mol. The average Bonchev–Trinajstić information content (AvgIpc) is 2.32. The van der Waals surface area contributed by atoms with Crippen LogP contribution in [0.1, 0.15) is 47.1 Å². The molecule has 0 aliphatic carbocycles. The molecule has 0 unspecified atom stereocenters. The van der Waals surface area contributed by atoms with E-state index in [1.165, 1.54) is 0 Å². The van der Waals surface area contributed by atoms with Crippen molar-refractivity contribution < 1.29 is 26.4 Å². The maximum absolute atomic E-state index is 13.5. The Labute approximate surface area is 137 Å². The van der Waals surface area contributed by atoms with Crippen LogP contribution in [0.2, 0.25) is 0 Å². The molecule has 0 spiro atoms. The Bertz CT molecular complexity index is 472. The van der Waals surface area contributed by atoms with E-state index in [0.717, 1.165) is 12.1 Å². The zero-order valence-electron chi connectivity index (χ0n) is 14.5. The fourth-order valence-electron chi connectivity index (χ4n) is 2.25. The first kappa shape index (κ1) is 20.2. The van der Waals surface area contributed by atoms with Gasteiger partial charge < -0.3 is 13.3 Å². The Morgan fingerprint density at radius 2 is 1.13 bits per heavy atom. The standard InChI is InChI=1S/C16H25F3O3Si/c1-10(2)20-23(21-11(3)4,22-12(5)6)9-13-7-14(17)16(19)15(18)8-13/h7-8,10-12H,9H2,1-6H3. The molecular weight excluding hydrogens is 325 g/mol. The second-order valence-corrected chi connectivity index (χ2v) is 8.66. The topological polar surface area (TPSA) is 27.7 Å². The van der Waals surface area contributed by atoms with Gasteiger partial charge in [0.15, 0.2) is 17.5 Å². The van der Waals surface area contributed by atoms with E-state index >= 15 is 0 Å². The highest BCUT2D eigenvalue weighted by Gasteiger charge is 2.44. The number of hydrogen-bond donors (Lipinski definition) is 0. The number of halogens is 3. The van der Waals surface area contributed by atoms with Gasteiger partial charge in [0.1, 0.15) is 0 Å². The number of benzene rings is 1. The first-order valence-electron chi connectivity index (χ1n) is 7.71. The summed E-state index contributed by atoms with van der Waals surface area (Å²) < 4.78 is 57.9. The molecule has 7 heteroatoms.